The van der Waals surface area contributed by atoms with E-state index in [0.717, 1.165) is 6.42 Å². The Bertz CT molecular complexity index is 203. The van der Waals surface area contributed by atoms with Gasteiger partial charge in [0.2, 0.25) is 5.91 Å². The second kappa shape index (κ2) is 4.78. The Labute approximate surface area is 86.4 Å². The third-order valence-electron chi connectivity index (χ3n) is 3.39. The van der Waals surface area contributed by atoms with Gasteiger partial charge in [-0.2, -0.15) is 0 Å². The molecule has 3 nitrogen and oxygen atoms in total. The van der Waals surface area contributed by atoms with Gasteiger partial charge in [0.15, 0.2) is 0 Å². The third kappa shape index (κ3) is 2.71. The SMILES string of the molecule is CC(N)C(C)C(=O)NC1CCCC1C. The smallest absolute Gasteiger partial charge is 0.224 e. The minimum absolute atomic E-state index is 0.0632. The van der Waals surface area contributed by atoms with E-state index in [1.54, 1.807) is 0 Å². The maximum absolute atomic E-state index is 11.7. The predicted molar refractivity (Wildman–Crippen MR) is 57.8 cm³/mol. The number of carbonyl (C=O) groups is 1. The van der Waals surface area contributed by atoms with Crippen molar-refractivity contribution < 1.29 is 4.79 Å². The molecule has 1 rings (SSSR count). The van der Waals surface area contributed by atoms with Crippen LogP contribution in [0.2, 0.25) is 0 Å². The standard InChI is InChI=1S/C11H22N2O/c1-7-5-4-6-10(7)13-11(14)8(2)9(3)12/h7-10H,4-6,12H2,1-3H3,(H,13,14). The van der Waals surface area contributed by atoms with Crippen LogP contribution in [-0.4, -0.2) is 18.0 Å². The van der Waals surface area contributed by atoms with Gasteiger partial charge in [-0.1, -0.05) is 20.3 Å². The summed E-state index contributed by atoms with van der Waals surface area (Å²) in [5, 5.41) is 3.09. The van der Waals surface area contributed by atoms with Crippen molar-refractivity contribution in [2.75, 3.05) is 0 Å². The number of hydrogen-bond acceptors (Lipinski definition) is 2. The molecular weight excluding hydrogens is 176 g/mol. The molecule has 0 spiro atoms. The first kappa shape index (κ1) is 11.5. The minimum atomic E-state index is -0.0807. The molecule has 1 amide bonds. The molecule has 0 aromatic heterocycles. The van der Waals surface area contributed by atoms with Crippen molar-refractivity contribution in [3.05, 3.63) is 0 Å². The highest BCUT2D eigenvalue weighted by Gasteiger charge is 2.27. The molecule has 0 bridgehead atoms. The lowest BCUT2D eigenvalue weighted by Crippen LogP contribution is -2.44. The third-order valence-corrected chi connectivity index (χ3v) is 3.39. The fourth-order valence-corrected chi connectivity index (χ4v) is 1.91. The molecule has 0 heterocycles. The van der Waals surface area contributed by atoms with Crippen LogP contribution in [0, 0.1) is 11.8 Å². The van der Waals surface area contributed by atoms with E-state index in [2.05, 4.69) is 12.2 Å². The van der Waals surface area contributed by atoms with Crippen molar-refractivity contribution >= 4 is 5.91 Å². The molecule has 3 heteroatoms. The van der Waals surface area contributed by atoms with Gasteiger partial charge in [-0.25, -0.2) is 0 Å². The van der Waals surface area contributed by atoms with Gasteiger partial charge >= 0.3 is 0 Å². The summed E-state index contributed by atoms with van der Waals surface area (Å²) < 4.78 is 0. The van der Waals surface area contributed by atoms with Gasteiger partial charge in [0, 0.05) is 18.0 Å². The summed E-state index contributed by atoms with van der Waals surface area (Å²) in [6, 6.07) is 0.315. The Kier molecular flexibility index (Phi) is 3.93. The van der Waals surface area contributed by atoms with Crippen molar-refractivity contribution in [3.8, 4) is 0 Å². The van der Waals surface area contributed by atoms with Crippen LogP contribution >= 0.6 is 0 Å². The van der Waals surface area contributed by atoms with Crippen LogP contribution in [0.15, 0.2) is 0 Å². The molecule has 0 radical (unpaired) electrons. The summed E-state index contributed by atoms with van der Waals surface area (Å²) in [5.74, 6) is 0.654. The van der Waals surface area contributed by atoms with E-state index in [-0.39, 0.29) is 17.9 Å². The van der Waals surface area contributed by atoms with Crippen LogP contribution < -0.4 is 11.1 Å². The number of nitrogens with two attached hydrogens (primary N) is 1. The molecule has 1 saturated carbocycles. The van der Waals surface area contributed by atoms with Crippen molar-refractivity contribution in [1.82, 2.24) is 5.32 Å². The highest BCUT2D eigenvalue weighted by atomic mass is 16.1. The second-order valence-corrected chi connectivity index (χ2v) is 4.67. The molecule has 0 aromatic carbocycles. The maximum atomic E-state index is 11.7. The minimum Gasteiger partial charge on any atom is -0.353 e. The number of rotatable bonds is 3. The van der Waals surface area contributed by atoms with E-state index in [1.807, 2.05) is 13.8 Å². The Morgan fingerprint density at radius 1 is 1.43 bits per heavy atom. The number of amides is 1. The van der Waals surface area contributed by atoms with E-state index in [1.165, 1.54) is 12.8 Å². The Hall–Kier alpha value is -0.570. The monoisotopic (exact) mass is 198 g/mol. The quantitative estimate of drug-likeness (QED) is 0.717. The molecule has 0 aliphatic heterocycles. The zero-order valence-electron chi connectivity index (χ0n) is 9.42. The first-order chi connectivity index (χ1) is 6.52. The fraction of sp³-hybridized carbons (Fsp3) is 0.909. The fourth-order valence-electron chi connectivity index (χ4n) is 1.91. The highest BCUT2D eigenvalue weighted by molar-refractivity contribution is 5.79. The van der Waals surface area contributed by atoms with Crippen molar-refractivity contribution in [2.45, 2.75) is 52.1 Å². The van der Waals surface area contributed by atoms with Gasteiger partial charge in [-0.3, -0.25) is 4.79 Å². The van der Waals surface area contributed by atoms with Crippen LogP contribution in [0.25, 0.3) is 0 Å². The zero-order chi connectivity index (χ0) is 10.7. The van der Waals surface area contributed by atoms with Crippen LogP contribution in [0.4, 0.5) is 0 Å². The molecule has 82 valence electrons. The Morgan fingerprint density at radius 3 is 2.50 bits per heavy atom. The highest BCUT2D eigenvalue weighted by Crippen LogP contribution is 2.25. The topological polar surface area (TPSA) is 55.1 Å². The van der Waals surface area contributed by atoms with Crippen molar-refractivity contribution in [3.63, 3.8) is 0 Å². The largest absolute Gasteiger partial charge is 0.353 e. The number of hydrogen-bond donors (Lipinski definition) is 2. The normalized spacial score (nSPS) is 31.1. The number of carbonyl (C=O) groups excluding carboxylic acids is 1. The average Bonchev–Trinajstić information content (AvgIpc) is 2.50. The van der Waals surface area contributed by atoms with E-state index in [0.29, 0.717) is 12.0 Å². The van der Waals surface area contributed by atoms with Crippen LogP contribution in [0.1, 0.15) is 40.0 Å². The van der Waals surface area contributed by atoms with Gasteiger partial charge < -0.3 is 11.1 Å². The molecule has 0 aromatic rings. The molecule has 0 saturated heterocycles. The lowest BCUT2D eigenvalue weighted by atomic mass is 10.0. The van der Waals surface area contributed by atoms with E-state index >= 15 is 0 Å². The Morgan fingerprint density at radius 2 is 2.07 bits per heavy atom. The summed E-state index contributed by atoms with van der Waals surface area (Å²) in [5.41, 5.74) is 5.68. The lowest BCUT2D eigenvalue weighted by Gasteiger charge is -2.21. The van der Waals surface area contributed by atoms with Crippen molar-refractivity contribution in [2.24, 2.45) is 17.6 Å². The summed E-state index contributed by atoms with van der Waals surface area (Å²) >= 11 is 0. The van der Waals surface area contributed by atoms with Crippen molar-refractivity contribution in [1.29, 1.82) is 0 Å². The summed E-state index contributed by atoms with van der Waals surface area (Å²) in [7, 11) is 0. The molecule has 1 aliphatic carbocycles. The first-order valence-corrected chi connectivity index (χ1v) is 5.58. The molecule has 3 N–H and O–H groups in total. The van der Waals surface area contributed by atoms with Crippen LogP contribution in [0.3, 0.4) is 0 Å². The Balaban J connectivity index is 2.40. The zero-order valence-corrected chi connectivity index (χ0v) is 9.42. The van der Waals surface area contributed by atoms with Crippen LogP contribution in [0.5, 0.6) is 0 Å². The number of nitrogens with one attached hydrogen (secondary N) is 1. The van der Waals surface area contributed by atoms with Gasteiger partial charge in [0.25, 0.3) is 0 Å². The lowest BCUT2D eigenvalue weighted by molar-refractivity contribution is -0.125. The predicted octanol–water partition coefficient (Wildman–Crippen LogP) is 1.27. The second-order valence-electron chi connectivity index (χ2n) is 4.67. The van der Waals surface area contributed by atoms with E-state index < -0.39 is 0 Å². The van der Waals surface area contributed by atoms with Gasteiger partial charge in [0.1, 0.15) is 0 Å². The van der Waals surface area contributed by atoms with Gasteiger partial charge in [-0.05, 0) is 25.7 Å². The molecule has 14 heavy (non-hydrogen) atoms. The van der Waals surface area contributed by atoms with E-state index in [4.69, 9.17) is 5.73 Å². The van der Waals surface area contributed by atoms with Crippen LogP contribution in [-0.2, 0) is 4.79 Å². The van der Waals surface area contributed by atoms with Gasteiger partial charge in [0.05, 0.1) is 0 Å². The summed E-state index contributed by atoms with van der Waals surface area (Å²) in [4.78, 5) is 11.7. The molecule has 4 atom stereocenters. The molecule has 4 unspecified atom stereocenters. The first-order valence-electron chi connectivity index (χ1n) is 5.58. The molecule has 1 fully saturated rings. The maximum Gasteiger partial charge on any atom is 0.224 e. The van der Waals surface area contributed by atoms with E-state index in [9.17, 15) is 4.79 Å². The molecular formula is C11H22N2O. The molecule has 1 aliphatic rings. The van der Waals surface area contributed by atoms with Gasteiger partial charge in [-0.15, -0.1) is 0 Å². The average molecular weight is 198 g/mol. The summed E-state index contributed by atoms with van der Waals surface area (Å²) in [6.07, 6.45) is 3.59. The summed E-state index contributed by atoms with van der Waals surface area (Å²) in [6.45, 7) is 5.97.